The Kier molecular flexibility index (Phi) is 8.97. The third-order valence-corrected chi connectivity index (χ3v) is 3.61. The van der Waals surface area contributed by atoms with Gasteiger partial charge >= 0.3 is 12.1 Å². The molecule has 152 valence electrons. The molecular weight excluding hydrogens is 348 g/mol. The summed E-state index contributed by atoms with van der Waals surface area (Å²) >= 11 is 0. The maximum Gasteiger partial charge on any atom is 0.410 e. The molecule has 2 rings (SSSR count). The molecule has 1 aromatic heterocycles. The normalized spacial score (nSPS) is 14.7. The summed E-state index contributed by atoms with van der Waals surface area (Å²) in [6.07, 6.45) is 2.80. The van der Waals surface area contributed by atoms with E-state index in [0.29, 0.717) is 18.9 Å². The largest absolute Gasteiger partial charge is 0.460 e. The summed E-state index contributed by atoms with van der Waals surface area (Å²) in [5, 5.41) is 3.29. The first kappa shape index (κ1) is 22.7. The number of nitrogens with one attached hydrogen (secondary N) is 1. The number of hydrogen-bond acceptors (Lipinski definition) is 7. The van der Waals surface area contributed by atoms with Crippen molar-refractivity contribution in [3.8, 4) is 0 Å². The lowest BCUT2D eigenvalue weighted by Gasteiger charge is -2.33. The van der Waals surface area contributed by atoms with Gasteiger partial charge in [-0.25, -0.2) is 19.6 Å². The van der Waals surface area contributed by atoms with E-state index in [0.717, 1.165) is 12.8 Å². The molecule has 0 radical (unpaired) electrons. The maximum atomic E-state index is 12.1. The highest BCUT2D eigenvalue weighted by molar-refractivity contribution is 5.85. The molecule has 1 N–H and O–H groups in total. The van der Waals surface area contributed by atoms with Crippen LogP contribution in [-0.4, -0.2) is 58.3 Å². The van der Waals surface area contributed by atoms with Crippen LogP contribution >= 0.6 is 0 Å². The molecule has 0 aromatic carbocycles. The van der Waals surface area contributed by atoms with Crippen molar-refractivity contribution >= 4 is 17.9 Å². The number of esters is 1. The van der Waals surface area contributed by atoms with Crippen molar-refractivity contribution in [2.24, 2.45) is 0 Å². The Morgan fingerprint density at radius 2 is 1.89 bits per heavy atom. The summed E-state index contributed by atoms with van der Waals surface area (Å²) < 4.78 is 10.3. The van der Waals surface area contributed by atoms with Crippen molar-refractivity contribution in [2.75, 3.05) is 25.0 Å². The summed E-state index contributed by atoms with van der Waals surface area (Å²) in [4.78, 5) is 33.6. The second-order valence-electron chi connectivity index (χ2n) is 6.87. The van der Waals surface area contributed by atoms with Crippen molar-refractivity contribution in [1.29, 1.82) is 0 Å². The van der Waals surface area contributed by atoms with E-state index in [1.54, 1.807) is 17.9 Å². The fourth-order valence-corrected chi connectivity index (χ4v) is 2.48. The van der Waals surface area contributed by atoms with Crippen LogP contribution in [-0.2, 0) is 9.47 Å². The van der Waals surface area contributed by atoms with Gasteiger partial charge in [0.25, 0.3) is 0 Å². The summed E-state index contributed by atoms with van der Waals surface area (Å²) in [7, 11) is 0. The third kappa shape index (κ3) is 7.80. The zero-order valence-electron chi connectivity index (χ0n) is 17.2. The van der Waals surface area contributed by atoms with Crippen LogP contribution in [0.1, 0.15) is 65.0 Å². The van der Waals surface area contributed by atoms with Gasteiger partial charge in [-0.3, -0.25) is 0 Å². The molecule has 1 amide bonds. The number of rotatable bonds is 4. The van der Waals surface area contributed by atoms with Crippen molar-refractivity contribution < 1.29 is 19.1 Å². The SMILES string of the molecule is CC.CCOC(=O)c1nccc(NC2CCN(C(=O)OC(C)(C)C)CC2)n1. The standard InChI is InChI=1S/C17H26N4O4.C2H6/c1-5-24-15(22)14-18-9-6-13(20-14)19-12-7-10-21(11-8-12)16(23)25-17(2,3)4;1-2/h6,9,12H,5,7-8,10-11H2,1-4H3,(H,18,19,20);1-2H3. The monoisotopic (exact) mass is 380 g/mol. The zero-order valence-corrected chi connectivity index (χ0v) is 17.2. The summed E-state index contributed by atoms with van der Waals surface area (Å²) in [6, 6.07) is 1.88. The maximum absolute atomic E-state index is 12.1. The quantitative estimate of drug-likeness (QED) is 0.799. The second-order valence-corrected chi connectivity index (χ2v) is 6.87. The number of likely N-dealkylation sites (tertiary alicyclic amines) is 1. The van der Waals surface area contributed by atoms with Gasteiger partial charge in [0.1, 0.15) is 11.4 Å². The van der Waals surface area contributed by atoms with Crippen LogP contribution in [0.4, 0.5) is 10.6 Å². The van der Waals surface area contributed by atoms with Gasteiger partial charge in [-0.2, -0.15) is 0 Å². The van der Waals surface area contributed by atoms with Crippen LogP contribution in [0, 0.1) is 0 Å². The van der Waals surface area contributed by atoms with E-state index in [1.807, 2.05) is 34.6 Å². The third-order valence-electron chi connectivity index (χ3n) is 3.61. The smallest absolute Gasteiger partial charge is 0.410 e. The number of nitrogens with zero attached hydrogens (tertiary/aromatic N) is 3. The van der Waals surface area contributed by atoms with Crippen molar-refractivity contribution in [1.82, 2.24) is 14.9 Å². The van der Waals surface area contributed by atoms with Crippen molar-refractivity contribution in [3.63, 3.8) is 0 Å². The fraction of sp³-hybridized carbons (Fsp3) is 0.684. The van der Waals surface area contributed by atoms with Crippen molar-refractivity contribution in [2.45, 2.75) is 66.0 Å². The molecule has 1 fully saturated rings. The predicted octanol–water partition coefficient (Wildman–Crippen LogP) is 3.49. The fourth-order valence-electron chi connectivity index (χ4n) is 2.48. The van der Waals surface area contributed by atoms with Crippen LogP contribution in [0.15, 0.2) is 12.3 Å². The minimum absolute atomic E-state index is 0.0399. The van der Waals surface area contributed by atoms with E-state index in [2.05, 4.69) is 15.3 Å². The van der Waals surface area contributed by atoms with E-state index in [1.165, 1.54) is 6.20 Å². The molecule has 0 saturated carbocycles. The molecule has 8 nitrogen and oxygen atoms in total. The molecule has 0 unspecified atom stereocenters. The Morgan fingerprint density at radius 1 is 1.26 bits per heavy atom. The summed E-state index contributed by atoms with van der Waals surface area (Å²) in [5.41, 5.74) is -0.489. The topological polar surface area (TPSA) is 93.7 Å². The molecule has 8 heteroatoms. The molecule has 0 aliphatic carbocycles. The predicted molar refractivity (Wildman–Crippen MR) is 104 cm³/mol. The molecule has 1 aromatic rings. The lowest BCUT2D eigenvalue weighted by atomic mass is 10.1. The van der Waals surface area contributed by atoms with Gasteiger partial charge in [0.15, 0.2) is 0 Å². The Balaban J connectivity index is 0.00000176. The number of anilines is 1. The number of carbonyl (C=O) groups is 2. The van der Waals surface area contributed by atoms with E-state index in [9.17, 15) is 9.59 Å². The van der Waals surface area contributed by atoms with Gasteiger partial charge in [-0.15, -0.1) is 0 Å². The van der Waals surface area contributed by atoms with E-state index < -0.39 is 11.6 Å². The zero-order chi connectivity index (χ0) is 20.4. The van der Waals surface area contributed by atoms with E-state index in [4.69, 9.17) is 9.47 Å². The molecule has 0 spiro atoms. The highest BCUT2D eigenvalue weighted by Crippen LogP contribution is 2.18. The Morgan fingerprint density at radius 3 is 2.44 bits per heavy atom. The van der Waals surface area contributed by atoms with Crippen molar-refractivity contribution in [3.05, 3.63) is 18.1 Å². The number of ether oxygens (including phenoxy) is 2. The molecule has 0 bridgehead atoms. The van der Waals surface area contributed by atoms with Gasteiger partial charge in [0.05, 0.1) is 6.61 Å². The first-order valence-corrected chi connectivity index (χ1v) is 9.53. The van der Waals surface area contributed by atoms with Crippen LogP contribution in [0.3, 0.4) is 0 Å². The van der Waals surface area contributed by atoms with E-state index >= 15 is 0 Å². The van der Waals surface area contributed by atoms with Gasteiger partial charge < -0.3 is 19.7 Å². The van der Waals surface area contributed by atoms with Crippen LogP contribution in [0.2, 0.25) is 0 Å². The highest BCUT2D eigenvalue weighted by Gasteiger charge is 2.27. The summed E-state index contributed by atoms with van der Waals surface area (Å²) in [6.45, 7) is 12.8. The number of aromatic nitrogens is 2. The Labute approximate surface area is 161 Å². The lowest BCUT2D eigenvalue weighted by Crippen LogP contribution is -2.44. The molecule has 1 saturated heterocycles. The highest BCUT2D eigenvalue weighted by atomic mass is 16.6. The number of piperidine rings is 1. The Hall–Kier alpha value is -2.38. The average molecular weight is 380 g/mol. The molecule has 1 aliphatic rings. The number of carbonyl (C=O) groups excluding carboxylic acids is 2. The second kappa shape index (κ2) is 10.7. The first-order valence-electron chi connectivity index (χ1n) is 9.53. The van der Waals surface area contributed by atoms with Crippen LogP contribution < -0.4 is 5.32 Å². The molecule has 1 aliphatic heterocycles. The van der Waals surface area contributed by atoms with Gasteiger partial charge in [-0.1, -0.05) is 13.8 Å². The minimum atomic E-state index is -0.536. The first-order chi connectivity index (χ1) is 12.8. The van der Waals surface area contributed by atoms with Gasteiger partial charge in [-0.05, 0) is 46.6 Å². The van der Waals surface area contributed by atoms with Gasteiger partial charge in [0, 0.05) is 25.3 Å². The van der Waals surface area contributed by atoms with Crippen LogP contribution in [0.25, 0.3) is 0 Å². The molecule has 0 atom stereocenters. The Bertz CT molecular complexity index is 608. The number of hydrogen-bond donors (Lipinski definition) is 1. The van der Waals surface area contributed by atoms with E-state index in [-0.39, 0.29) is 24.6 Å². The number of amides is 1. The minimum Gasteiger partial charge on any atom is -0.460 e. The molecule has 27 heavy (non-hydrogen) atoms. The van der Waals surface area contributed by atoms with Gasteiger partial charge in [0.2, 0.25) is 5.82 Å². The molecular formula is C19H32N4O4. The van der Waals surface area contributed by atoms with Crippen LogP contribution in [0.5, 0.6) is 0 Å². The lowest BCUT2D eigenvalue weighted by molar-refractivity contribution is 0.0210. The molecule has 2 heterocycles. The average Bonchev–Trinajstić information content (AvgIpc) is 2.63. The summed E-state index contributed by atoms with van der Waals surface area (Å²) in [5.74, 6) is 0.0812.